The van der Waals surface area contributed by atoms with Gasteiger partial charge in [-0.1, -0.05) is 42.7 Å². The molecule has 2 atom stereocenters. The molecular weight excluding hydrogens is 376 g/mol. The number of benzene rings is 1. The minimum atomic E-state index is 0.0905. The molecule has 1 saturated carbocycles. The van der Waals surface area contributed by atoms with E-state index in [0.29, 0.717) is 0 Å². The van der Waals surface area contributed by atoms with Crippen LogP contribution in [-0.2, 0) is 11.3 Å². The number of hydrogen-bond acceptors (Lipinski definition) is 6. The van der Waals surface area contributed by atoms with Crippen LogP contribution in [0.1, 0.15) is 61.5 Å². The predicted molar refractivity (Wildman–Crippen MR) is 115 cm³/mol. The first-order valence-corrected chi connectivity index (χ1v) is 11.7. The van der Waals surface area contributed by atoms with Gasteiger partial charge in [0.2, 0.25) is 0 Å². The number of rotatable bonds is 6. The van der Waals surface area contributed by atoms with E-state index in [1.807, 2.05) is 4.68 Å². The molecule has 1 aromatic heterocycles. The summed E-state index contributed by atoms with van der Waals surface area (Å²) >= 11 is 0. The number of nitrogens with zero attached hydrogens (tertiary/aromatic N) is 6. The van der Waals surface area contributed by atoms with Crippen molar-refractivity contribution in [3.63, 3.8) is 0 Å². The van der Waals surface area contributed by atoms with E-state index < -0.39 is 0 Å². The Morgan fingerprint density at radius 2 is 1.77 bits per heavy atom. The quantitative estimate of drug-likeness (QED) is 0.730. The Labute approximate surface area is 179 Å². The first kappa shape index (κ1) is 20.1. The highest BCUT2D eigenvalue weighted by atomic mass is 16.5. The third-order valence-electron chi connectivity index (χ3n) is 7.15. The monoisotopic (exact) mass is 410 g/mol. The number of aryl methyl sites for hydroxylation is 1. The van der Waals surface area contributed by atoms with E-state index in [0.717, 1.165) is 64.0 Å². The van der Waals surface area contributed by atoms with Crippen molar-refractivity contribution in [3.05, 3.63) is 41.2 Å². The molecule has 3 aliphatic rings. The average Bonchev–Trinajstić information content (AvgIpc) is 3.54. The molecule has 1 aliphatic carbocycles. The van der Waals surface area contributed by atoms with Gasteiger partial charge in [0.1, 0.15) is 0 Å². The van der Waals surface area contributed by atoms with Gasteiger partial charge in [-0.3, -0.25) is 9.80 Å². The number of aromatic nitrogens is 4. The maximum absolute atomic E-state index is 5.86. The van der Waals surface area contributed by atoms with E-state index in [1.54, 1.807) is 0 Å². The fraction of sp³-hybridized carbons (Fsp3) is 0.696. The smallest absolute Gasteiger partial charge is 0.173 e. The Kier molecular flexibility index (Phi) is 6.11. The fourth-order valence-electron chi connectivity index (χ4n) is 5.42. The maximum atomic E-state index is 5.86. The van der Waals surface area contributed by atoms with Gasteiger partial charge in [0.05, 0.1) is 18.7 Å². The Hall–Kier alpha value is -1.83. The third kappa shape index (κ3) is 4.29. The van der Waals surface area contributed by atoms with Crippen molar-refractivity contribution in [2.45, 2.75) is 70.2 Å². The number of piperazine rings is 1. The lowest BCUT2D eigenvalue weighted by atomic mass is 10.0. The van der Waals surface area contributed by atoms with Gasteiger partial charge in [-0.25, -0.2) is 4.68 Å². The summed E-state index contributed by atoms with van der Waals surface area (Å²) in [6, 6.07) is 9.78. The standard InChI is InChI=1S/C23H34N6O/c1-18-8-10-19(11-9-18)22(23-24-25-26-29(23)17-21-7-4-16-30-21)28-14-12-27(13-15-28)20-5-2-3-6-20/h8-11,20-22H,2-7,12-17H2,1H3/t21-,22+/m0/s1. The highest BCUT2D eigenvalue weighted by Crippen LogP contribution is 2.31. The zero-order valence-electron chi connectivity index (χ0n) is 18.1. The molecule has 7 heteroatoms. The van der Waals surface area contributed by atoms with E-state index in [1.165, 1.54) is 36.8 Å². The minimum Gasteiger partial charge on any atom is -0.376 e. The Morgan fingerprint density at radius 3 is 2.47 bits per heavy atom. The van der Waals surface area contributed by atoms with Gasteiger partial charge >= 0.3 is 0 Å². The molecule has 2 saturated heterocycles. The summed E-state index contributed by atoms with van der Waals surface area (Å²) in [5.41, 5.74) is 2.56. The molecule has 0 spiro atoms. The molecule has 1 aromatic carbocycles. The lowest BCUT2D eigenvalue weighted by Crippen LogP contribution is -2.51. The molecular formula is C23H34N6O. The van der Waals surface area contributed by atoms with E-state index in [9.17, 15) is 0 Å². The second kappa shape index (κ2) is 9.12. The Morgan fingerprint density at radius 1 is 1.00 bits per heavy atom. The number of hydrogen-bond donors (Lipinski definition) is 0. The Bertz CT molecular complexity index is 801. The number of ether oxygens (including phenoxy) is 1. The normalized spacial score (nSPS) is 25.2. The van der Waals surface area contributed by atoms with Gasteiger partial charge in [0.25, 0.3) is 0 Å². The molecule has 0 unspecified atom stereocenters. The number of tetrazole rings is 1. The van der Waals surface area contributed by atoms with Crippen molar-refractivity contribution < 1.29 is 4.74 Å². The van der Waals surface area contributed by atoms with Gasteiger partial charge in [-0.2, -0.15) is 0 Å². The molecule has 2 aromatic rings. The molecule has 3 heterocycles. The van der Waals surface area contributed by atoms with Gasteiger partial charge in [0, 0.05) is 38.8 Å². The summed E-state index contributed by atoms with van der Waals surface area (Å²) in [6.07, 6.45) is 8.00. The van der Waals surface area contributed by atoms with E-state index in [4.69, 9.17) is 4.74 Å². The van der Waals surface area contributed by atoms with Crippen LogP contribution in [0.3, 0.4) is 0 Å². The summed E-state index contributed by atoms with van der Waals surface area (Å²) in [5.74, 6) is 0.948. The van der Waals surface area contributed by atoms with Crippen LogP contribution in [0.25, 0.3) is 0 Å². The lowest BCUT2D eigenvalue weighted by Gasteiger charge is -2.41. The molecule has 2 aliphatic heterocycles. The van der Waals surface area contributed by atoms with Crippen molar-refractivity contribution in [2.24, 2.45) is 0 Å². The highest BCUT2D eigenvalue weighted by molar-refractivity contribution is 5.28. The highest BCUT2D eigenvalue weighted by Gasteiger charge is 2.33. The molecule has 162 valence electrons. The lowest BCUT2D eigenvalue weighted by molar-refractivity contribution is 0.0720. The van der Waals surface area contributed by atoms with Crippen molar-refractivity contribution >= 4 is 0 Å². The Balaban J connectivity index is 1.38. The first-order valence-electron chi connectivity index (χ1n) is 11.7. The topological polar surface area (TPSA) is 59.3 Å². The second-order valence-corrected chi connectivity index (χ2v) is 9.18. The second-order valence-electron chi connectivity index (χ2n) is 9.18. The van der Waals surface area contributed by atoms with Crippen LogP contribution in [0.15, 0.2) is 24.3 Å². The van der Waals surface area contributed by atoms with Crippen LogP contribution < -0.4 is 0 Å². The molecule has 3 fully saturated rings. The zero-order chi connectivity index (χ0) is 20.3. The van der Waals surface area contributed by atoms with Crippen molar-refractivity contribution in [1.82, 2.24) is 30.0 Å². The van der Waals surface area contributed by atoms with Gasteiger partial charge in [-0.15, -0.1) is 5.10 Å². The van der Waals surface area contributed by atoms with Gasteiger partial charge in [0.15, 0.2) is 5.82 Å². The zero-order valence-corrected chi connectivity index (χ0v) is 18.1. The first-order chi connectivity index (χ1) is 14.8. The summed E-state index contributed by atoms with van der Waals surface area (Å²) in [5, 5.41) is 12.9. The minimum absolute atomic E-state index is 0.0905. The summed E-state index contributed by atoms with van der Waals surface area (Å²) in [4.78, 5) is 5.29. The molecule has 0 radical (unpaired) electrons. The van der Waals surface area contributed by atoms with Crippen molar-refractivity contribution in [3.8, 4) is 0 Å². The summed E-state index contributed by atoms with van der Waals surface area (Å²) < 4.78 is 7.85. The summed E-state index contributed by atoms with van der Waals surface area (Å²) in [7, 11) is 0. The predicted octanol–water partition coefficient (Wildman–Crippen LogP) is 2.81. The van der Waals surface area contributed by atoms with Crippen LogP contribution in [-0.4, -0.2) is 74.9 Å². The molecule has 7 nitrogen and oxygen atoms in total. The SMILES string of the molecule is Cc1ccc([C@H](c2nnnn2C[C@@H]2CCCO2)N2CCN(C3CCCC3)CC2)cc1. The molecule has 5 rings (SSSR count). The molecule has 30 heavy (non-hydrogen) atoms. The largest absolute Gasteiger partial charge is 0.376 e. The van der Waals surface area contributed by atoms with Gasteiger partial charge < -0.3 is 4.74 Å². The van der Waals surface area contributed by atoms with Crippen LogP contribution in [0.2, 0.25) is 0 Å². The summed E-state index contributed by atoms with van der Waals surface area (Å²) in [6.45, 7) is 8.13. The van der Waals surface area contributed by atoms with Gasteiger partial charge in [-0.05, 0) is 48.6 Å². The molecule has 0 N–H and O–H groups in total. The average molecular weight is 411 g/mol. The maximum Gasteiger partial charge on any atom is 0.173 e. The molecule has 0 bridgehead atoms. The van der Waals surface area contributed by atoms with E-state index in [2.05, 4.69) is 56.5 Å². The van der Waals surface area contributed by atoms with E-state index in [-0.39, 0.29) is 12.1 Å². The fourth-order valence-corrected chi connectivity index (χ4v) is 5.42. The van der Waals surface area contributed by atoms with Crippen molar-refractivity contribution in [2.75, 3.05) is 32.8 Å². The van der Waals surface area contributed by atoms with Crippen LogP contribution in [0.5, 0.6) is 0 Å². The van der Waals surface area contributed by atoms with Crippen molar-refractivity contribution in [1.29, 1.82) is 0 Å². The van der Waals surface area contributed by atoms with Crippen LogP contribution in [0, 0.1) is 6.92 Å². The van der Waals surface area contributed by atoms with Crippen LogP contribution >= 0.6 is 0 Å². The third-order valence-corrected chi connectivity index (χ3v) is 7.15. The molecule has 0 amide bonds. The van der Waals surface area contributed by atoms with Crippen LogP contribution in [0.4, 0.5) is 0 Å². The van der Waals surface area contributed by atoms with E-state index >= 15 is 0 Å².